The first-order chi connectivity index (χ1) is 6.51. The van der Waals surface area contributed by atoms with E-state index in [0.717, 1.165) is 19.3 Å². The molecule has 0 aromatic heterocycles. The van der Waals surface area contributed by atoms with Gasteiger partial charge < -0.3 is 5.11 Å². The van der Waals surface area contributed by atoms with E-state index >= 15 is 0 Å². The lowest BCUT2D eigenvalue weighted by atomic mass is 9.85. The van der Waals surface area contributed by atoms with Crippen LogP contribution in [-0.2, 0) is 0 Å². The fraction of sp³-hybridized carbons (Fsp3) is 1.00. The van der Waals surface area contributed by atoms with Crippen molar-refractivity contribution in [2.75, 3.05) is 0 Å². The van der Waals surface area contributed by atoms with E-state index in [1.807, 2.05) is 0 Å². The number of hydrogen-bond donors (Lipinski definition) is 1. The molecule has 0 spiro atoms. The molecule has 0 bridgehead atoms. The average Bonchev–Trinajstić information content (AvgIpc) is 2.13. The predicted molar refractivity (Wildman–Crippen MR) is 63.3 cm³/mol. The first-order valence-electron chi connectivity index (χ1n) is 6.19. The van der Waals surface area contributed by atoms with Gasteiger partial charge in [-0.15, -0.1) is 0 Å². The Bertz CT molecular complexity index is 131. The minimum Gasteiger partial charge on any atom is -0.393 e. The third kappa shape index (κ3) is 5.64. The molecule has 1 heteroatoms. The van der Waals surface area contributed by atoms with Gasteiger partial charge in [-0.25, -0.2) is 0 Å². The van der Waals surface area contributed by atoms with E-state index in [0.29, 0.717) is 17.8 Å². The Morgan fingerprint density at radius 2 is 1.50 bits per heavy atom. The quantitative estimate of drug-likeness (QED) is 0.661. The zero-order valence-corrected chi connectivity index (χ0v) is 10.6. The highest BCUT2D eigenvalue weighted by Gasteiger charge is 2.19. The summed E-state index contributed by atoms with van der Waals surface area (Å²) < 4.78 is 0. The van der Waals surface area contributed by atoms with Gasteiger partial charge in [-0.3, -0.25) is 0 Å². The summed E-state index contributed by atoms with van der Waals surface area (Å²) in [5.41, 5.74) is 0. The highest BCUT2D eigenvalue weighted by Crippen LogP contribution is 2.24. The molecule has 0 radical (unpaired) electrons. The van der Waals surface area contributed by atoms with Crippen molar-refractivity contribution >= 4 is 0 Å². The van der Waals surface area contributed by atoms with Crippen molar-refractivity contribution in [3.8, 4) is 0 Å². The van der Waals surface area contributed by atoms with Gasteiger partial charge in [0.2, 0.25) is 0 Å². The minimum absolute atomic E-state index is 0.0858. The van der Waals surface area contributed by atoms with E-state index < -0.39 is 0 Å². The molecule has 0 saturated carbocycles. The van der Waals surface area contributed by atoms with Gasteiger partial charge in [0.15, 0.2) is 0 Å². The fourth-order valence-corrected chi connectivity index (χ4v) is 1.97. The topological polar surface area (TPSA) is 20.2 Å². The summed E-state index contributed by atoms with van der Waals surface area (Å²) >= 11 is 0. The van der Waals surface area contributed by atoms with Crippen LogP contribution in [0.25, 0.3) is 0 Å². The van der Waals surface area contributed by atoms with Crippen molar-refractivity contribution in [2.24, 2.45) is 17.8 Å². The lowest BCUT2D eigenvalue weighted by Crippen LogP contribution is -2.23. The molecule has 1 N–H and O–H groups in total. The molecule has 1 nitrogen and oxygen atoms in total. The molecule has 0 aliphatic rings. The molecular weight excluding hydrogens is 172 g/mol. The van der Waals surface area contributed by atoms with Crippen LogP contribution in [0.2, 0.25) is 0 Å². The Labute approximate surface area is 89.9 Å². The van der Waals surface area contributed by atoms with E-state index in [-0.39, 0.29) is 6.10 Å². The smallest absolute Gasteiger partial charge is 0.0570 e. The lowest BCUT2D eigenvalue weighted by molar-refractivity contribution is 0.0704. The van der Waals surface area contributed by atoms with Gasteiger partial charge in [-0.2, -0.15) is 0 Å². The molecule has 0 aliphatic carbocycles. The van der Waals surface area contributed by atoms with Crippen LogP contribution in [0.5, 0.6) is 0 Å². The zero-order chi connectivity index (χ0) is 11.1. The first-order valence-corrected chi connectivity index (χ1v) is 6.19. The lowest BCUT2D eigenvalue weighted by Gasteiger charge is -2.25. The molecule has 14 heavy (non-hydrogen) atoms. The van der Waals surface area contributed by atoms with E-state index in [1.165, 1.54) is 6.42 Å². The molecule has 0 fully saturated rings. The molecule has 3 unspecified atom stereocenters. The molecule has 0 saturated heterocycles. The van der Waals surface area contributed by atoms with Gasteiger partial charge in [-0.1, -0.05) is 47.5 Å². The minimum atomic E-state index is -0.0858. The van der Waals surface area contributed by atoms with Crippen molar-refractivity contribution < 1.29 is 5.11 Å². The van der Waals surface area contributed by atoms with Crippen molar-refractivity contribution in [3.63, 3.8) is 0 Å². The van der Waals surface area contributed by atoms with E-state index in [4.69, 9.17) is 0 Å². The number of aliphatic hydroxyl groups is 1. The van der Waals surface area contributed by atoms with Crippen LogP contribution in [0.4, 0.5) is 0 Å². The predicted octanol–water partition coefficient (Wildman–Crippen LogP) is 3.86. The number of hydrogen-bond acceptors (Lipinski definition) is 1. The Kier molecular flexibility index (Phi) is 7.26. The van der Waals surface area contributed by atoms with E-state index in [2.05, 4.69) is 34.6 Å². The molecule has 86 valence electrons. The van der Waals surface area contributed by atoms with Crippen LogP contribution in [0.1, 0.15) is 60.3 Å². The summed E-state index contributed by atoms with van der Waals surface area (Å²) in [6.07, 6.45) is 4.33. The van der Waals surface area contributed by atoms with Gasteiger partial charge in [0, 0.05) is 0 Å². The first kappa shape index (κ1) is 14.0. The summed E-state index contributed by atoms with van der Waals surface area (Å²) in [6, 6.07) is 0. The highest BCUT2D eigenvalue weighted by atomic mass is 16.3. The van der Waals surface area contributed by atoms with Crippen molar-refractivity contribution in [2.45, 2.75) is 66.4 Å². The molecule has 0 aromatic carbocycles. The van der Waals surface area contributed by atoms with Crippen molar-refractivity contribution in [1.82, 2.24) is 0 Å². The summed E-state index contributed by atoms with van der Waals surface area (Å²) in [6.45, 7) is 11.1. The standard InChI is InChI=1S/C13H28O/c1-6-11(5)9-13(14)12(7-2)8-10(3)4/h10-14H,6-9H2,1-5H3. The monoisotopic (exact) mass is 200 g/mol. The third-order valence-electron chi connectivity index (χ3n) is 3.18. The number of rotatable bonds is 7. The second-order valence-electron chi connectivity index (χ2n) is 5.11. The van der Waals surface area contributed by atoms with Crippen LogP contribution in [0, 0.1) is 17.8 Å². The molecule has 0 aliphatic heterocycles. The maximum Gasteiger partial charge on any atom is 0.0570 e. The normalized spacial score (nSPS) is 18.2. The van der Waals surface area contributed by atoms with Crippen molar-refractivity contribution in [1.29, 1.82) is 0 Å². The van der Waals surface area contributed by atoms with E-state index in [9.17, 15) is 5.11 Å². The molecule has 0 rings (SSSR count). The van der Waals surface area contributed by atoms with Crippen LogP contribution in [0.3, 0.4) is 0 Å². The molecular formula is C13H28O. The van der Waals surface area contributed by atoms with Crippen molar-refractivity contribution in [3.05, 3.63) is 0 Å². The highest BCUT2D eigenvalue weighted by molar-refractivity contribution is 4.71. The van der Waals surface area contributed by atoms with Crippen LogP contribution >= 0.6 is 0 Å². The van der Waals surface area contributed by atoms with Gasteiger partial charge in [0.05, 0.1) is 6.10 Å². The Hall–Kier alpha value is -0.0400. The third-order valence-corrected chi connectivity index (χ3v) is 3.18. The van der Waals surface area contributed by atoms with Crippen LogP contribution in [0.15, 0.2) is 0 Å². The SMILES string of the molecule is CCC(C)CC(O)C(CC)CC(C)C. The Morgan fingerprint density at radius 3 is 1.86 bits per heavy atom. The molecule has 0 amide bonds. The molecule has 3 atom stereocenters. The molecule has 0 aromatic rings. The Morgan fingerprint density at radius 1 is 0.929 bits per heavy atom. The molecule has 0 heterocycles. The van der Waals surface area contributed by atoms with Gasteiger partial charge in [-0.05, 0) is 30.6 Å². The summed E-state index contributed by atoms with van der Waals surface area (Å²) in [7, 11) is 0. The van der Waals surface area contributed by atoms with Gasteiger partial charge in [0.25, 0.3) is 0 Å². The number of aliphatic hydroxyl groups excluding tert-OH is 1. The second-order valence-corrected chi connectivity index (χ2v) is 5.11. The maximum atomic E-state index is 10.1. The van der Waals surface area contributed by atoms with Crippen LogP contribution < -0.4 is 0 Å². The van der Waals surface area contributed by atoms with Gasteiger partial charge in [0.1, 0.15) is 0 Å². The summed E-state index contributed by atoms with van der Waals surface area (Å²) in [4.78, 5) is 0. The van der Waals surface area contributed by atoms with Crippen LogP contribution in [-0.4, -0.2) is 11.2 Å². The van der Waals surface area contributed by atoms with E-state index in [1.54, 1.807) is 0 Å². The Balaban J connectivity index is 3.96. The fourth-order valence-electron chi connectivity index (χ4n) is 1.97. The second kappa shape index (κ2) is 7.28. The largest absolute Gasteiger partial charge is 0.393 e. The zero-order valence-electron chi connectivity index (χ0n) is 10.6. The maximum absolute atomic E-state index is 10.1. The van der Waals surface area contributed by atoms with Gasteiger partial charge >= 0.3 is 0 Å². The average molecular weight is 200 g/mol. The summed E-state index contributed by atoms with van der Waals surface area (Å²) in [5.74, 6) is 1.86. The summed E-state index contributed by atoms with van der Waals surface area (Å²) in [5, 5.41) is 10.1.